The van der Waals surface area contributed by atoms with Crippen LogP contribution < -0.4 is 4.90 Å². The number of carbonyl (C=O) groups is 1. The van der Waals surface area contributed by atoms with Gasteiger partial charge < -0.3 is 14.2 Å². The summed E-state index contributed by atoms with van der Waals surface area (Å²) in [6.45, 7) is 6.60. The molecular weight excluding hydrogens is 316 g/mol. The van der Waals surface area contributed by atoms with Gasteiger partial charge in [-0.25, -0.2) is 0 Å². The highest BCUT2D eigenvalue weighted by atomic mass is 35.5. The van der Waals surface area contributed by atoms with Crippen molar-refractivity contribution in [1.29, 1.82) is 0 Å². The zero-order chi connectivity index (χ0) is 16.4. The van der Waals surface area contributed by atoms with E-state index < -0.39 is 0 Å². The van der Waals surface area contributed by atoms with Crippen molar-refractivity contribution in [2.24, 2.45) is 0 Å². The standard InChI is InChI=1S/C16H19ClN4O2/c1-11(2)14-18-19-16(23-14)21-8-6-20(7-9-21)15(22)12-4-3-5-13(17)10-12/h3-5,10-11H,6-9H2,1-2H3. The van der Waals surface area contributed by atoms with E-state index in [1.807, 2.05) is 23.6 Å². The van der Waals surface area contributed by atoms with Gasteiger partial charge in [0.15, 0.2) is 0 Å². The number of carbonyl (C=O) groups excluding carboxylic acids is 1. The normalized spacial score (nSPS) is 15.3. The third kappa shape index (κ3) is 3.47. The van der Waals surface area contributed by atoms with Crippen LogP contribution in [0.15, 0.2) is 28.7 Å². The summed E-state index contributed by atoms with van der Waals surface area (Å²) in [6.07, 6.45) is 0. The molecule has 23 heavy (non-hydrogen) atoms. The van der Waals surface area contributed by atoms with Crippen molar-refractivity contribution in [2.75, 3.05) is 31.1 Å². The van der Waals surface area contributed by atoms with Gasteiger partial charge >= 0.3 is 6.01 Å². The summed E-state index contributed by atoms with van der Waals surface area (Å²) in [6, 6.07) is 7.57. The number of amides is 1. The highest BCUT2D eigenvalue weighted by Crippen LogP contribution is 2.20. The van der Waals surface area contributed by atoms with Gasteiger partial charge in [0.1, 0.15) is 0 Å². The fraction of sp³-hybridized carbons (Fsp3) is 0.438. The van der Waals surface area contributed by atoms with Crippen LogP contribution >= 0.6 is 11.6 Å². The summed E-state index contributed by atoms with van der Waals surface area (Å²) in [5, 5.41) is 8.71. The molecule has 6 nitrogen and oxygen atoms in total. The Balaban J connectivity index is 1.62. The van der Waals surface area contributed by atoms with E-state index in [1.165, 1.54) is 0 Å². The molecule has 1 fully saturated rings. The van der Waals surface area contributed by atoms with Gasteiger partial charge in [0.05, 0.1) is 0 Å². The topological polar surface area (TPSA) is 62.5 Å². The Morgan fingerprint density at radius 1 is 1.22 bits per heavy atom. The lowest BCUT2D eigenvalue weighted by atomic mass is 10.2. The van der Waals surface area contributed by atoms with E-state index in [4.69, 9.17) is 16.0 Å². The number of hydrogen-bond donors (Lipinski definition) is 0. The quantitative estimate of drug-likeness (QED) is 0.863. The number of rotatable bonds is 3. The van der Waals surface area contributed by atoms with Crippen molar-refractivity contribution in [3.63, 3.8) is 0 Å². The molecule has 1 saturated heterocycles. The molecule has 3 rings (SSSR count). The summed E-state index contributed by atoms with van der Waals surface area (Å²) < 4.78 is 5.66. The molecule has 0 N–H and O–H groups in total. The molecule has 1 aromatic heterocycles. The minimum Gasteiger partial charge on any atom is -0.408 e. The second-order valence-corrected chi connectivity index (χ2v) is 6.30. The Hall–Kier alpha value is -2.08. The number of anilines is 1. The summed E-state index contributed by atoms with van der Waals surface area (Å²) in [5.74, 6) is 0.847. The van der Waals surface area contributed by atoms with Gasteiger partial charge in [0, 0.05) is 42.7 Å². The highest BCUT2D eigenvalue weighted by molar-refractivity contribution is 6.30. The highest BCUT2D eigenvalue weighted by Gasteiger charge is 2.25. The molecule has 122 valence electrons. The SMILES string of the molecule is CC(C)c1nnc(N2CCN(C(=O)c3cccc(Cl)c3)CC2)o1. The fourth-order valence-corrected chi connectivity index (χ4v) is 2.68. The monoisotopic (exact) mass is 334 g/mol. The first-order valence-electron chi connectivity index (χ1n) is 7.68. The van der Waals surface area contributed by atoms with Crippen LogP contribution in [-0.4, -0.2) is 47.2 Å². The van der Waals surface area contributed by atoms with Crippen molar-refractivity contribution >= 4 is 23.5 Å². The molecule has 0 unspecified atom stereocenters. The van der Waals surface area contributed by atoms with Crippen LogP contribution in [0.4, 0.5) is 6.01 Å². The Morgan fingerprint density at radius 2 is 1.96 bits per heavy atom. The van der Waals surface area contributed by atoms with Crippen molar-refractivity contribution in [3.8, 4) is 0 Å². The number of nitrogens with zero attached hydrogens (tertiary/aromatic N) is 4. The fourth-order valence-electron chi connectivity index (χ4n) is 2.49. The third-order valence-electron chi connectivity index (χ3n) is 3.83. The van der Waals surface area contributed by atoms with Gasteiger partial charge in [-0.3, -0.25) is 4.79 Å². The first-order chi connectivity index (χ1) is 11.0. The van der Waals surface area contributed by atoms with Crippen molar-refractivity contribution in [1.82, 2.24) is 15.1 Å². The van der Waals surface area contributed by atoms with Crippen LogP contribution in [0.1, 0.15) is 36.0 Å². The number of piperazine rings is 1. The van der Waals surface area contributed by atoms with E-state index in [0.717, 1.165) is 0 Å². The first kappa shape index (κ1) is 15.8. The van der Waals surface area contributed by atoms with Crippen molar-refractivity contribution < 1.29 is 9.21 Å². The molecule has 0 aliphatic carbocycles. The summed E-state index contributed by atoms with van der Waals surface area (Å²) >= 11 is 5.95. The molecule has 2 heterocycles. The van der Waals surface area contributed by atoms with E-state index in [1.54, 1.807) is 24.3 Å². The lowest BCUT2D eigenvalue weighted by Gasteiger charge is -2.33. The lowest BCUT2D eigenvalue weighted by Crippen LogP contribution is -2.48. The Bertz CT molecular complexity index is 693. The largest absolute Gasteiger partial charge is 0.408 e. The molecule has 1 aliphatic rings. The van der Waals surface area contributed by atoms with Crippen LogP contribution in [0.2, 0.25) is 5.02 Å². The van der Waals surface area contributed by atoms with Gasteiger partial charge in [-0.2, -0.15) is 0 Å². The summed E-state index contributed by atoms with van der Waals surface area (Å²) in [7, 11) is 0. The van der Waals surface area contributed by atoms with E-state index in [0.29, 0.717) is 48.7 Å². The number of aromatic nitrogens is 2. The van der Waals surface area contributed by atoms with E-state index in [-0.39, 0.29) is 11.8 Å². The molecule has 0 bridgehead atoms. The van der Waals surface area contributed by atoms with Crippen LogP contribution in [0.5, 0.6) is 0 Å². The second kappa shape index (κ2) is 6.58. The zero-order valence-electron chi connectivity index (χ0n) is 13.2. The van der Waals surface area contributed by atoms with Crippen LogP contribution in [-0.2, 0) is 0 Å². The van der Waals surface area contributed by atoms with E-state index >= 15 is 0 Å². The average molecular weight is 335 g/mol. The molecule has 0 radical (unpaired) electrons. The number of hydrogen-bond acceptors (Lipinski definition) is 5. The molecule has 0 atom stereocenters. The average Bonchev–Trinajstić information content (AvgIpc) is 3.04. The molecule has 0 saturated carbocycles. The maximum absolute atomic E-state index is 12.5. The van der Waals surface area contributed by atoms with Crippen molar-refractivity contribution in [2.45, 2.75) is 19.8 Å². The van der Waals surface area contributed by atoms with Gasteiger partial charge in [-0.1, -0.05) is 36.6 Å². The summed E-state index contributed by atoms with van der Waals surface area (Å²) in [5.41, 5.74) is 0.617. The minimum absolute atomic E-state index is 0.000508. The van der Waals surface area contributed by atoms with Crippen molar-refractivity contribution in [3.05, 3.63) is 40.7 Å². The molecule has 1 amide bonds. The second-order valence-electron chi connectivity index (χ2n) is 5.87. The number of benzene rings is 1. The Labute approximate surface area is 140 Å². The van der Waals surface area contributed by atoms with E-state index in [2.05, 4.69) is 10.2 Å². The molecule has 0 spiro atoms. The number of halogens is 1. The molecular formula is C16H19ClN4O2. The zero-order valence-corrected chi connectivity index (χ0v) is 14.0. The van der Waals surface area contributed by atoms with E-state index in [9.17, 15) is 4.79 Å². The maximum Gasteiger partial charge on any atom is 0.318 e. The lowest BCUT2D eigenvalue weighted by molar-refractivity contribution is 0.0745. The smallest absolute Gasteiger partial charge is 0.318 e. The van der Waals surface area contributed by atoms with Gasteiger partial charge in [-0.15, -0.1) is 5.10 Å². The van der Waals surface area contributed by atoms with Crippen LogP contribution in [0.3, 0.4) is 0 Å². The maximum atomic E-state index is 12.5. The molecule has 2 aromatic rings. The van der Waals surface area contributed by atoms with Gasteiger partial charge in [0.25, 0.3) is 5.91 Å². The molecule has 7 heteroatoms. The molecule has 1 aromatic carbocycles. The third-order valence-corrected chi connectivity index (χ3v) is 4.07. The molecule has 1 aliphatic heterocycles. The Morgan fingerprint density at radius 3 is 2.57 bits per heavy atom. The minimum atomic E-state index is 0.000508. The predicted octanol–water partition coefficient (Wildman–Crippen LogP) is 2.81. The summed E-state index contributed by atoms with van der Waals surface area (Å²) in [4.78, 5) is 16.3. The van der Waals surface area contributed by atoms with Crippen LogP contribution in [0, 0.1) is 0 Å². The van der Waals surface area contributed by atoms with Gasteiger partial charge in [0.2, 0.25) is 5.89 Å². The first-order valence-corrected chi connectivity index (χ1v) is 8.05. The predicted molar refractivity (Wildman–Crippen MR) is 88.0 cm³/mol. The Kier molecular flexibility index (Phi) is 4.52. The van der Waals surface area contributed by atoms with Crippen LogP contribution in [0.25, 0.3) is 0 Å². The van der Waals surface area contributed by atoms with Gasteiger partial charge in [-0.05, 0) is 18.2 Å².